The lowest BCUT2D eigenvalue weighted by Crippen LogP contribution is -2.27. The Morgan fingerprint density at radius 2 is 1.46 bits per heavy atom. The summed E-state index contributed by atoms with van der Waals surface area (Å²) < 4.78 is 16.1. The fourth-order valence-electron chi connectivity index (χ4n) is 5.90. The third kappa shape index (κ3) is 8.90. The van der Waals surface area contributed by atoms with Crippen LogP contribution in [0.5, 0.6) is 0 Å². The number of benzene rings is 3. The number of carboxylic acid groups (broad SMARTS) is 1. The van der Waals surface area contributed by atoms with E-state index in [1.165, 1.54) is 17.7 Å². The largest absolute Gasteiger partial charge is 0.481 e. The fraction of sp³-hybridized carbons (Fsp3) is 0.351. The van der Waals surface area contributed by atoms with Gasteiger partial charge in [0.25, 0.3) is 5.91 Å². The molecule has 0 saturated carbocycles. The van der Waals surface area contributed by atoms with Gasteiger partial charge in [0.2, 0.25) is 0 Å². The molecule has 1 heterocycles. The van der Waals surface area contributed by atoms with Gasteiger partial charge in [-0.2, -0.15) is 0 Å². The number of aromatic nitrogens is 1. The van der Waals surface area contributed by atoms with Gasteiger partial charge in [0.15, 0.2) is 0 Å². The highest BCUT2D eigenvalue weighted by molar-refractivity contribution is 6.05. The first-order valence-corrected chi connectivity index (χ1v) is 15.6. The maximum Gasteiger partial charge on any atom is 0.305 e. The summed E-state index contributed by atoms with van der Waals surface area (Å²) in [6, 6.07) is 23.7. The molecule has 244 valence electrons. The number of hydrogen-bond donors (Lipinski definition) is 4. The Hall–Kier alpha value is -4.31. The lowest BCUT2D eigenvalue weighted by molar-refractivity contribution is -0.139. The van der Waals surface area contributed by atoms with Crippen LogP contribution in [0.4, 0.5) is 4.39 Å². The smallest absolute Gasteiger partial charge is 0.305 e. The van der Waals surface area contributed by atoms with E-state index in [-0.39, 0.29) is 30.6 Å². The number of carbonyl (C=O) groups excluding carboxylic acids is 1. The number of nitrogens with zero attached hydrogens (tertiary/aromatic N) is 2. The van der Waals surface area contributed by atoms with Crippen molar-refractivity contribution in [1.82, 2.24) is 14.8 Å². The summed E-state index contributed by atoms with van der Waals surface area (Å²) in [6.45, 7) is 5.11. The van der Waals surface area contributed by atoms with Crippen molar-refractivity contribution >= 4 is 11.9 Å². The third-order valence-corrected chi connectivity index (χ3v) is 7.88. The molecule has 2 unspecified atom stereocenters. The summed E-state index contributed by atoms with van der Waals surface area (Å²) in [5.74, 6) is -1.79. The Labute approximate surface area is 270 Å². The second-order valence-corrected chi connectivity index (χ2v) is 12.3. The summed E-state index contributed by atoms with van der Waals surface area (Å²) in [7, 11) is 4.03. The highest BCUT2D eigenvalue weighted by Crippen LogP contribution is 2.42. The monoisotopic (exact) mass is 629 g/mol. The first-order chi connectivity index (χ1) is 21.9. The third-order valence-electron chi connectivity index (χ3n) is 7.88. The zero-order chi connectivity index (χ0) is 33.4. The van der Waals surface area contributed by atoms with Crippen molar-refractivity contribution in [1.29, 1.82) is 0 Å². The number of aliphatic carboxylic acids is 1. The van der Waals surface area contributed by atoms with E-state index in [0.29, 0.717) is 24.2 Å². The van der Waals surface area contributed by atoms with Crippen molar-refractivity contribution in [2.24, 2.45) is 0 Å². The molecule has 8 nitrogen and oxygen atoms in total. The summed E-state index contributed by atoms with van der Waals surface area (Å²) in [4.78, 5) is 27.4. The minimum absolute atomic E-state index is 0.0905. The minimum Gasteiger partial charge on any atom is -0.481 e. The molecule has 0 aliphatic carbocycles. The van der Waals surface area contributed by atoms with Crippen LogP contribution in [0.15, 0.2) is 78.9 Å². The van der Waals surface area contributed by atoms with E-state index in [4.69, 9.17) is 5.11 Å². The molecule has 2 atom stereocenters. The van der Waals surface area contributed by atoms with Gasteiger partial charge in [-0.05, 0) is 81.6 Å². The van der Waals surface area contributed by atoms with Crippen molar-refractivity contribution in [2.45, 2.75) is 70.9 Å². The van der Waals surface area contributed by atoms with Crippen molar-refractivity contribution in [2.75, 3.05) is 14.1 Å². The van der Waals surface area contributed by atoms with E-state index >= 15 is 0 Å². The first-order valence-electron chi connectivity index (χ1n) is 15.6. The maximum absolute atomic E-state index is 14.3. The normalized spacial score (nSPS) is 12.8. The standard InChI is InChI=1S/C37H44FN3O5/c1-24(2)41-32(19-18-30(42)20-31(43)21-33(44)45)34(28-14-16-29(38)17-15-28)35(27-8-6-5-7-9-27)36(41)37(46)39-22-25-10-12-26(13-11-25)23-40(3)4/h5-17,24,30-31,42-43H,18-23H2,1-4H3,(H,39,46)(H,44,45). The first kappa shape index (κ1) is 34.6. The number of amides is 1. The van der Waals surface area contributed by atoms with Crippen molar-refractivity contribution in [3.8, 4) is 22.3 Å². The van der Waals surface area contributed by atoms with Crippen LogP contribution in [-0.2, 0) is 24.3 Å². The fourth-order valence-corrected chi connectivity index (χ4v) is 5.90. The summed E-state index contributed by atoms with van der Waals surface area (Å²) in [5, 5.41) is 33.1. The van der Waals surface area contributed by atoms with Gasteiger partial charge in [0, 0.05) is 36.0 Å². The molecule has 4 N–H and O–H groups in total. The summed E-state index contributed by atoms with van der Waals surface area (Å²) in [5.41, 5.74) is 6.38. The van der Waals surface area contributed by atoms with Crippen LogP contribution >= 0.6 is 0 Å². The zero-order valence-electron chi connectivity index (χ0n) is 26.9. The van der Waals surface area contributed by atoms with Crippen LogP contribution in [0.3, 0.4) is 0 Å². The number of aliphatic hydroxyl groups is 2. The van der Waals surface area contributed by atoms with Gasteiger partial charge < -0.3 is 30.1 Å². The van der Waals surface area contributed by atoms with E-state index in [1.807, 2.05) is 75.0 Å². The van der Waals surface area contributed by atoms with Crippen molar-refractivity contribution in [3.63, 3.8) is 0 Å². The molecule has 4 aromatic rings. The Bertz CT molecular complexity index is 1600. The average Bonchev–Trinajstić information content (AvgIpc) is 3.35. The van der Waals surface area contributed by atoms with Gasteiger partial charge >= 0.3 is 5.97 Å². The molecule has 0 spiro atoms. The molecule has 0 aliphatic rings. The molecule has 4 rings (SSSR count). The number of carboxylic acids is 1. The number of hydrogen-bond acceptors (Lipinski definition) is 5. The van der Waals surface area contributed by atoms with Gasteiger partial charge in [-0.25, -0.2) is 4.39 Å². The molecule has 9 heteroatoms. The van der Waals surface area contributed by atoms with Crippen LogP contribution in [0.1, 0.15) is 66.5 Å². The van der Waals surface area contributed by atoms with Crippen molar-refractivity contribution in [3.05, 3.63) is 107 Å². The van der Waals surface area contributed by atoms with Gasteiger partial charge in [0.05, 0.1) is 18.6 Å². The van der Waals surface area contributed by atoms with Crippen LogP contribution in [0, 0.1) is 5.82 Å². The Morgan fingerprint density at radius 3 is 2.04 bits per heavy atom. The number of carbonyl (C=O) groups is 2. The number of rotatable bonds is 15. The van der Waals surface area contributed by atoms with Gasteiger partial charge in [0.1, 0.15) is 11.5 Å². The SMILES string of the molecule is CC(C)n1c(CCC(O)CC(O)CC(=O)O)c(-c2ccc(F)cc2)c(-c2ccccc2)c1C(=O)NCc1ccc(CN(C)C)cc1. The van der Waals surface area contributed by atoms with E-state index in [9.17, 15) is 24.2 Å². The molecule has 0 radical (unpaired) electrons. The summed E-state index contributed by atoms with van der Waals surface area (Å²) >= 11 is 0. The summed E-state index contributed by atoms with van der Waals surface area (Å²) in [6.07, 6.45) is -2.16. The molecule has 0 aliphatic heterocycles. The second-order valence-electron chi connectivity index (χ2n) is 12.3. The molecule has 0 bridgehead atoms. The molecule has 3 aromatic carbocycles. The molecular weight excluding hydrogens is 585 g/mol. The van der Waals surface area contributed by atoms with Gasteiger partial charge in [-0.15, -0.1) is 0 Å². The molecule has 46 heavy (non-hydrogen) atoms. The predicted molar refractivity (Wildman–Crippen MR) is 178 cm³/mol. The highest BCUT2D eigenvalue weighted by Gasteiger charge is 2.30. The molecule has 1 aromatic heterocycles. The zero-order valence-corrected chi connectivity index (χ0v) is 26.9. The van der Waals surface area contributed by atoms with Crippen molar-refractivity contribution < 1.29 is 29.3 Å². The lowest BCUT2D eigenvalue weighted by Gasteiger charge is -2.20. The van der Waals surface area contributed by atoms with Gasteiger partial charge in [-0.3, -0.25) is 9.59 Å². The Kier molecular flexibility index (Phi) is 11.9. The minimum atomic E-state index is -1.18. The van der Waals surface area contributed by atoms with Crippen LogP contribution in [-0.4, -0.2) is 63.0 Å². The quantitative estimate of drug-likeness (QED) is 0.127. The maximum atomic E-state index is 14.3. The molecule has 0 saturated heterocycles. The predicted octanol–water partition coefficient (Wildman–Crippen LogP) is 6.05. The van der Waals surface area contributed by atoms with E-state index in [1.54, 1.807) is 12.1 Å². The lowest BCUT2D eigenvalue weighted by atomic mass is 9.92. The number of nitrogens with one attached hydrogen (secondary N) is 1. The van der Waals surface area contributed by atoms with Crippen LogP contribution < -0.4 is 5.32 Å². The van der Waals surface area contributed by atoms with E-state index in [2.05, 4.69) is 22.3 Å². The van der Waals surface area contributed by atoms with E-state index < -0.39 is 24.6 Å². The molecule has 0 fully saturated rings. The Balaban J connectivity index is 1.79. The van der Waals surface area contributed by atoms with Crippen LogP contribution in [0.25, 0.3) is 22.3 Å². The van der Waals surface area contributed by atoms with Crippen LogP contribution in [0.2, 0.25) is 0 Å². The second kappa shape index (κ2) is 15.8. The number of halogens is 1. The number of aliphatic hydroxyl groups excluding tert-OH is 2. The molecule has 1 amide bonds. The molecular formula is C37H44FN3O5. The Morgan fingerprint density at radius 1 is 0.848 bits per heavy atom. The highest BCUT2D eigenvalue weighted by atomic mass is 19.1. The van der Waals surface area contributed by atoms with E-state index in [0.717, 1.165) is 34.5 Å². The topological polar surface area (TPSA) is 115 Å². The van der Waals surface area contributed by atoms with Gasteiger partial charge in [-0.1, -0.05) is 66.7 Å². The average molecular weight is 630 g/mol.